The molecule has 2 N–H and O–H groups in total. The molecule has 0 saturated heterocycles. The summed E-state index contributed by atoms with van der Waals surface area (Å²) in [5.74, 6) is -0.395. The highest BCUT2D eigenvalue weighted by Gasteiger charge is 2.56. The van der Waals surface area contributed by atoms with Crippen LogP contribution in [0, 0.1) is 6.92 Å². The predicted molar refractivity (Wildman–Crippen MR) is 78.5 cm³/mol. The van der Waals surface area contributed by atoms with Crippen molar-refractivity contribution in [2.75, 3.05) is 6.54 Å². The molecule has 1 atom stereocenters. The molecule has 0 fully saturated rings. The van der Waals surface area contributed by atoms with Crippen LogP contribution in [0.25, 0.3) is 0 Å². The van der Waals surface area contributed by atoms with Gasteiger partial charge < -0.3 is 15.0 Å². The van der Waals surface area contributed by atoms with E-state index < -0.39 is 24.0 Å². The van der Waals surface area contributed by atoms with Crippen LogP contribution >= 0.6 is 11.3 Å². The third-order valence-corrected chi connectivity index (χ3v) is 4.42. The zero-order valence-electron chi connectivity index (χ0n) is 12.3. The van der Waals surface area contributed by atoms with E-state index >= 15 is 0 Å². The van der Waals surface area contributed by atoms with Crippen LogP contribution in [-0.4, -0.2) is 27.4 Å². The molecule has 0 amide bonds. The molecule has 2 aromatic rings. The SMILES string of the molecule is Cc1ccc(CNCCC(O)(c2nccn2C)C(F)(F)F)s1. The predicted octanol–water partition coefficient (Wildman–Crippen LogP) is 2.72. The number of thiophene rings is 1. The quantitative estimate of drug-likeness (QED) is 0.799. The van der Waals surface area contributed by atoms with Gasteiger partial charge in [0.05, 0.1) is 0 Å². The summed E-state index contributed by atoms with van der Waals surface area (Å²) in [7, 11) is 1.43. The van der Waals surface area contributed by atoms with E-state index in [2.05, 4.69) is 10.3 Å². The summed E-state index contributed by atoms with van der Waals surface area (Å²) >= 11 is 1.59. The molecule has 2 aromatic heterocycles. The Bertz CT molecular complexity index is 623. The Balaban J connectivity index is 2.01. The summed E-state index contributed by atoms with van der Waals surface area (Å²) in [4.78, 5) is 5.86. The molecule has 2 rings (SSSR count). The average Bonchev–Trinajstić information content (AvgIpc) is 3.02. The maximum absolute atomic E-state index is 13.3. The number of halogens is 3. The van der Waals surface area contributed by atoms with Crippen molar-refractivity contribution in [3.05, 3.63) is 40.1 Å². The first kappa shape index (κ1) is 17.0. The first-order valence-corrected chi connectivity index (χ1v) is 7.58. The van der Waals surface area contributed by atoms with E-state index in [0.29, 0.717) is 6.54 Å². The lowest BCUT2D eigenvalue weighted by Crippen LogP contribution is -2.46. The van der Waals surface area contributed by atoms with Crippen LogP contribution in [0.5, 0.6) is 0 Å². The molecule has 0 radical (unpaired) electrons. The molecule has 0 spiro atoms. The van der Waals surface area contributed by atoms with Gasteiger partial charge in [0, 0.05) is 42.2 Å². The summed E-state index contributed by atoms with van der Waals surface area (Å²) in [6, 6.07) is 3.89. The van der Waals surface area contributed by atoms with E-state index in [9.17, 15) is 18.3 Å². The molecule has 0 aliphatic rings. The normalized spacial score (nSPS) is 15.0. The highest BCUT2D eigenvalue weighted by molar-refractivity contribution is 7.11. The Hall–Kier alpha value is -1.38. The number of rotatable bonds is 6. The first-order chi connectivity index (χ1) is 10.2. The van der Waals surface area contributed by atoms with Crippen LogP contribution in [0.1, 0.15) is 22.0 Å². The van der Waals surface area contributed by atoms with E-state index in [1.165, 1.54) is 24.0 Å². The third-order valence-electron chi connectivity index (χ3n) is 3.42. The number of alkyl halides is 3. The van der Waals surface area contributed by atoms with Crippen molar-refractivity contribution < 1.29 is 18.3 Å². The van der Waals surface area contributed by atoms with Gasteiger partial charge in [-0.05, 0) is 25.6 Å². The van der Waals surface area contributed by atoms with Crippen molar-refractivity contribution in [2.45, 2.75) is 31.7 Å². The van der Waals surface area contributed by atoms with Gasteiger partial charge in [0.2, 0.25) is 5.60 Å². The molecule has 8 heteroatoms. The number of hydrogen-bond donors (Lipinski definition) is 2. The summed E-state index contributed by atoms with van der Waals surface area (Å²) in [6.07, 6.45) is -2.65. The Labute approximate surface area is 130 Å². The van der Waals surface area contributed by atoms with Gasteiger partial charge in [-0.2, -0.15) is 13.2 Å². The Morgan fingerprint density at radius 3 is 2.59 bits per heavy atom. The van der Waals surface area contributed by atoms with Crippen molar-refractivity contribution >= 4 is 11.3 Å². The zero-order chi connectivity index (χ0) is 16.4. The molecular weight excluding hydrogens is 315 g/mol. The van der Waals surface area contributed by atoms with Crippen molar-refractivity contribution in [1.29, 1.82) is 0 Å². The molecule has 22 heavy (non-hydrogen) atoms. The summed E-state index contributed by atoms with van der Waals surface area (Å²) in [6.45, 7) is 2.48. The van der Waals surface area contributed by atoms with Gasteiger partial charge in [0.15, 0.2) is 0 Å². The molecule has 0 aliphatic heterocycles. The lowest BCUT2D eigenvalue weighted by Gasteiger charge is -2.30. The van der Waals surface area contributed by atoms with E-state index in [4.69, 9.17) is 0 Å². The maximum Gasteiger partial charge on any atom is 0.424 e. The van der Waals surface area contributed by atoms with Gasteiger partial charge in [0.25, 0.3) is 0 Å². The molecule has 122 valence electrons. The highest BCUT2D eigenvalue weighted by atomic mass is 32.1. The molecular formula is C14H18F3N3OS. The fourth-order valence-electron chi connectivity index (χ4n) is 2.21. The van der Waals surface area contributed by atoms with Crippen LogP contribution in [0.3, 0.4) is 0 Å². The molecule has 1 unspecified atom stereocenters. The average molecular weight is 333 g/mol. The minimum Gasteiger partial charge on any atom is -0.374 e. The minimum atomic E-state index is -4.78. The Morgan fingerprint density at radius 1 is 1.36 bits per heavy atom. The second-order valence-electron chi connectivity index (χ2n) is 5.16. The molecule has 2 heterocycles. The van der Waals surface area contributed by atoms with Gasteiger partial charge in [0.1, 0.15) is 5.82 Å². The second-order valence-corrected chi connectivity index (χ2v) is 6.53. The van der Waals surface area contributed by atoms with Gasteiger partial charge in [-0.25, -0.2) is 4.98 Å². The van der Waals surface area contributed by atoms with Crippen LogP contribution in [0.4, 0.5) is 13.2 Å². The number of aromatic nitrogens is 2. The Morgan fingerprint density at radius 2 is 2.09 bits per heavy atom. The largest absolute Gasteiger partial charge is 0.424 e. The van der Waals surface area contributed by atoms with E-state index in [0.717, 1.165) is 9.75 Å². The fraction of sp³-hybridized carbons (Fsp3) is 0.500. The van der Waals surface area contributed by atoms with Crippen molar-refractivity contribution in [2.24, 2.45) is 7.05 Å². The third kappa shape index (κ3) is 3.50. The zero-order valence-corrected chi connectivity index (χ0v) is 13.1. The fourth-order valence-corrected chi connectivity index (χ4v) is 3.07. The van der Waals surface area contributed by atoms with Crippen LogP contribution in [0.2, 0.25) is 0 Å². The lowest BCUT2D eigenvalue weighted by molar-refractivity contribution is -0.272. The summed E-state index contributed by atoms with van der Waals surface area (Å²) in [5.41, 5.74) is -2.95. The smallest absolute Gasteiger partial charge is 0.374 e. The highest BCUT2D eigenvalue weighted by Crippen LogP contribution is 2.40. The summed E-state index contributed by atoms with van der Waals surface area (Å²) in [5, 5.41) is 13.1. The monoisotopic (exact) mass is 333 g/mol. The molecule has 0 saturated carbocycles. The van der Waals surface area contributed by atoms with Gasteiger partial charge >= 0.3 is 6.18 Å². The molecule has 4 nitrogen and oxygen atoms in total. The first-order valence-electron chi connectivity index (χ1n) is 6.77. The maximum atomic E-state index is 13.3. The molecule has 0 bridgehead atoms. The number of hydrogen-bond acceptors (Lipinski definition) is 4. The van der Waals surface area contributed by atoms with Crippen molar-refractivity contribution in [3.8, 4) is 0 Å². The standard InChI is InChI=1S/C14H18F3N3OS/c1-10-3-4-11(22-10)9-18-6-5-13(21,14(15,16)17)12-19-7-8-20(12)2/h3-4,7-8,18,21H,5-6,9H2,1-2H3. The van der Waals surface area contributed by atoms with Crippen LogP contribution in [-0.2, 0) is 19.2 Å². The second kappa shape index (κ2) is 6.39. The van der Waals surface area contributed by atoms with E-state index in [1.807, 2.05) is 19.1 Å². The Kier molecular flexibility index (Phi) is 4.93. The number of imidazole rings is 1. The molecule has 0 aromatic carbocycles. The van der Waals surface area contributed by atoms with Gasteiger partial charge in [-0.3, -0.25) is 0 Å². The number of aryl methyl sites for hydroxylation is 2. The number of nitrogens with zero attached hydrogens (tertiary/aromatic N) is 2. The van der Waals surface area contributed by atoms with Gasteiger partial charge in [-0.15, -0.1) is 11.3 Å². The van der Waals surface area contributed by atoms with Gasteiger partial charge in [-0.1, -0.05) is 0 Å². The van der Waals surface area contributed by atoms with Crippen LogP contribution in [0.15, 0.2) is 24.5 Å². The van der Waals surface area contributed by atoms with Crippen molar-refractivity contribution in [3.63, 3.8) is 0 Å². The summed E-state index contributed by atoms with van der Waals surface area (Å²) < 4.78 is 41.0. The molecule has 0 aliphatic carbocycles. The topological polar surface area (TPSA) is 50.1 Å². The number of aliphatic hydroxyl groups is 1. The lowest BCUT2D eigenvalue weighted by atomic mass is 9.97. The number of nitrogens with one attached hydrogen (secondary N) is 1. The van der Waals surface area contributed by atoms with E-state index in [-0.39, 0.29) is 6.54 Å². The van der Waals surface area contributed by atoms with Crippen LogP contribution < -0.4 is 5.32 Å². The minimum absolute atomic E-state index is 0.0276. The van der Waals surface area contributed by atoms with Crippen molar-refractivity contribution in [1.82, 2.24) is 14.9 Å². The van der Waals surface area contributed by atoms with E-state index in [1.54, 1.807) is 11.3 Å².